The Kier molecular flexibility index (Phi) is 13.1. The molecular formula is C11H24KNO4S2. The van der Waals surface area contributed by atoms with Crippen LogP contribution in [0.3, 0.4) is 0 Å². The molecule has 0 radical (unpaired) electrons. The Balaban J connectivity index is 0. The molecule has 2 N–H and O–H groups in total. The third kappa shape index (κ3) is 15.6. The van der Waals surface area contributed by atoms with E-state index in [9.17, 15) is 13.2 Å². The number of unbranched alkanes of at least 4 members (excludes halogenated alkanes) is 1. The fourth-order valence-corrected chi connectivity index (χ4v) is 3.46. The minimum atomic E-state index is -4.08. The second kappa shape index (κ2) is 11.0. The molecule has 0 aromatic heterocycles. The molecule has 0 bridgehead atoms. The van der Waals surface area contributed by atoms with E-state index in [0.29, 0.717) is 6.42 Å². The van der Waals surface area contributed by atoms with Gasteiger partial charge >= 0.3 is 51.4 Å². The van der Waals surface area contributed by atoms with Crippen LogP contribution in [0.5, 0.6) is 0 Å². The van der Waals surface area contributed by atoms with Crippen molar-refractivity contribution in [1.29, 1.82) is 0 Å². The predicted molar refractivity (Wildman–Crippen MR) is 82.6 cm³/mol. The van der Waals surface area contributed by atoms with E-state index in [1.165, 1.54) is 0 Å². The molecule has 0 aromatic carbocycles. The van der Waals surface area contributed by atoms with Crippen LogP contribution in [0.15, 0.2) is 0 Å². The van der Waals surface area contributed by atoms with Crippen LogP contribution < -0.4 is 5.32 Å². The molecule has 0 saturated carbocycles. The van der Waals surface area contributed by atoms with E-state index in [4.69, 9.17) is 4.55 Å². The summed E-state index contributed by atoms with van der Waals surface area (Å²) in [6.45, 7) is 5.26. The fraction of sp³-hybridized carbons (Fsp3) is 0.909. The van der Waals surface area contributed by atoms with E-state index < -0.39 is 21.4 Å². The molecule has 0 heterocycles. The third-order valence-corrected chi connectivity index (χ3v) is 4.29. The van der Waals surface area contributed by atoms with Crippen LogP contribution in [0.1, 0.15) is 40.0 Å². The topological polar surface area (TPSA) is 83.5 Å². The number of hydrogen-bond acceptors (Lipinski definition) is 4. The van der Waals surface area contributed by atoms with Gasteiger partial charge in [-0.05, 0) is 26.0 Å². The average Bonchev–Trinajstić information content (AvgIpc) is 2.12. The van der Waals surface area contributed by atoms with Gasteiger partial charge in [0.05, 0.1) is 11.3 Å². The molecule has 0 aromatic rings. The zero-order chi connectivity index (χ0) is 14.2. The van der Waals surface area contributed by atoms with Crippen molar-refractivity contribution in [3.63, 3.8) is 0 Å². The molecular weight excluding hydrogens is 313 g/mol. The molecule has 0 fully saturated rings. The van der Waals surface area contributed by atoms with Crippen molar-refractivity contribution in [2.45, 2.75) is 45.6 Å². The Labute approximate surface area is 163 Å². The predicted octanol–water partition coefficient (Wildman–Crippen LogP) is 1.04. The van der Waals surface area contributed by atoms with Gasteiger partial charge in [0.25, 0.3) is 10.1 Å². The van der Waals surface area contributed by atoms with Crippen molar-refractivity contribution in [2.75, 3.05) is 17.3 Å². The quantitative estimate of drug-likeness (QED) is 0.373. The number of carbonyl (C=O) groups is 1. The Morgan fingerprint density at radius 3 is 2.37 bits per heavy atom. The van der Waals surface area contributed by atoms with Crippen molar-refractivity contribution in [2.24, 2.45) is 0 Å². The van der Waals surface area contributed by atoms with Gasteiger partial charge in [-0.3, -0.25) is 9.35 Å². The Morgan fingerprint density at radius 1 is 1.32 bits per heavy atom. The Morgan fingerprint density at radius 2 is 1.89 bits per heavy atom. The molecule has 0 atom stereocenters. The SMILES string of the molecule is CCCCSCCC(=O)NC(C)(C)CS(=O)(=O)O.[KH]. The van der Waals surface area contributed by atoms with Crippen LogP contribution in [-0.4, -0.2) is 93.1 Å². The van der Waals surface area contributed by atoms with Crippen molar-refractivity contribution in [1.82, 2.24) is 5.32 Å². The number of hydrogen-bond donors (Lipinski definition) is 2. The van der Waals surface area contributed by atoms with Gasteiger partial charge in [-0.1, -0.05) is 13.3 Å². The van der Waals surface area contributed by atoms with E-state index in [0.717, 1.165) is 24.3 Å². The van der Waals surface area contributed by atoms with Gasteiger partial charge < -0.3 is 5.32 Å². The minimum absolute atomic E-state index is 0. The maximum atomic E-state index is 11.6. The summed E-state index contributed by atoms with van der Waals surface area (Å²) in [4.78, 5) is 11.6. The molecule has 0 aliphatic rings. The van der Waals surface area contributed by atoms with Crippen LogP contribution in [0.2, 0.25) is 0 Å². The molecule has 0 spiro atoms. The van der Waals surface area contributed by atoms with Gasteiger partial charge in [0, 0.05) is 12.2 Å². The fourth-order valence-electron chi connectivity index (χ4n) is 1.45. The molecule has 0 rings (SSSR count). The first kappa shape index (κ1) is 22.6. The molecule has 110 valence electrons. The van der Waals surface area contributed by atoms with Crippen LogP contribution in [-0.2, 0) is 14.9 Å². The first-order valence-corrected chi connectivity index (χ1v) is 8.76. The van der Waals surface area contributed by atoms with Gasteiger partial charge in [-0.25, -0.2) is 0 Å². The van der Waals surface area contributed by atoms with E-state index in [2.05, 4.69) is 12.2 Å². The van der Waals surface area contributed by atoms with Gasteiger partial charge in [0.2, 0.25) is 5.91 Å². The number of thioether (sulfide) groups is 1. The van der Waals surface area contributed by atoms with Crippen LogP contribution in [0.4, 0.5) is 0 Å². The summed E-state index contributed by atoms with van der Waals surface area (Å²) < 4.78 is 30.3. The number of nitrogens with one attached hydrogen (secondary N) is 1. The van der Waals surface area contributed by atoms with Crippen molar-refractivity contribution < 1.29 is 17.8 Å². The number of rotatable bonds is 9. The van der Waals surface area contributed by atoms with E-state index >= 15 is 0 Å². The van der Waals surface area contributed by atoms with Gasteiger partial charge in [-0.15, -0.1) is 0 Å². The Bertz CT molecular complexity index is 358. The van der Waals surface area contributed by atoms with E-state index in [1.54, 1.807) is 25.6 Å². The Hall–Kier alpha value is 1.37. The van der Waals surface area contributed by atoms with Crippen molar-refractivity contribution in [3.05, 3.63) is 0 Å². The van der Waals surface area contributed by atoms with Gasteiger partial charge in [0.1, 0.15) is 0 Å². The van der Waals surface area contributed by atoms with Gasteiger partial charge in [-0.2, -0.15) is 20.2 Å². The maximum absolute atomic E-state index is 11.6. The number of carbonyl (C=O) groups excluding carboxylic acids is 1. The van der Waals surface area contributed by atoms with Crippen LogP contribution in [0.25, 0.3) is 0 Å². The second-order valence-electron chi connectivity index (χ2n) is 4.87. The first-order chi connectivity index (χ1) is 8.16. The summed E-state index contributed by atoms with van der Waals surface area (Å²) in [6, 6.07) is 0. The monoisotopic (exact) mass is 337 g/mol. The van der Waals surface area contributed by atoms with E-state index in [1.807, 2.05) is 0 Å². The molecule has 1 amide bonds. The zero-order valence-corrected chi connectivity index (χ0v) is 12.9. The zero-order valence-electron chi connectivity index (χ0n) is 11.2. The summed E-state index contributed by atoms with van der Waals surface area (Å²) in [5.74, 6) is 1.10. The van der Waals surface area contributed by atoms with Crippen LogP contribution in [0, 0.1) is 0 Å². The van der Waals surface area contributed by atoms with Crippen LogP contribution >= 0.6 is 11.8 Å². The van der Waals surface area contributed by atoms with Gasteiger partial charge in [0.15, 0.2) is 0 Å². The number of amides is 1. The first-order valence-electron chi connectivity index (χ1n) is 6.00. The average molecular weight is 338 g/mol. The molecule has 0 saturated heterocycles. The summed E-state index contributed by atoms with van der Waals surface area (Å²) in [5.41, 5.74) is -0.946. The third-order valence-electron chi connectivity index (χ3n) is 2.14. The summed E-state index contributed by atoms with van der Waals surface area (Å²) in [7, 11) is -4.08. The van der Waals surface area contributed by atoms with E-state index in [-0.39, 0.29) is 57.3 Å². The van der Waals surface area contributed by atoms with Crippen molar-refractivity contribution >= 4 is 79.2 Å². The molecule has 8 heteroatoms. The molecule has 19 heavy (non-hydrogen) atoms. The van der Waals surface area contributed by atoms with Crippen molar-refractivity contribution in [3.8, 4) is 0 Å². The molecule has 5 nitrogen and oxygen atoms in total. The molecule has 0 unspecified atom stereocenters. The molecule has 0 aliphatic carbocycles. The summed E-state index contributed by atoms with van der Waals surface area (Å²) in [5, 5.41) is 2.61. The summed E-state index contributed by atoms with van der Waals surface area (Å²) in [6.07, 6.45) is 2.64. The second-order valence-corrected chi connectivity index (χ2v) is 7.55. The normalized spacial score (nSPS) is 11.8. The molecule has 0 aliphatic heterocycles. The summed E-state index contributed by atoms with van der Waals surface area (Å²) >= 11 is 1.72. The standard InChI is InChI=1S/C11H23NO4S2.K.H/c1-4-5-7-17-8-6-10(13)12-11(2,3)9-18(14,15)16;;/h4-9H2,1-3H3,(H,12,13)(H,14,15,16);;.